The number of hydrogen-bond acceptors (Lipinski definition) is 8. The molecule has 47 heavy (non-hydrogen) atoms. The SMILES string of the molecule is COCCO[C@H]1/C=C/C[C@H](C)[C@H](COC)S(=O)(=O)NC(=O)c2ccc3c(c2)N(C[C@@H]2CC[C@H]21)C[C@@]1(CCCc2cc(Cl)ccc21)CO3. The molecule has 1 saturated carbocycles. The molecule has 1 N–H and O–H groups in total. The Morgan fingerprint density at radius 3 is 2.72 bits per heavy atom. The Kier molecular flexibility index (Phi) is 10.5. The van der Waals surface area contributed by atoms with Gasteiger partial charge in [0, 0.05) is 43.3 Å². The zero-order chi connectivity index (χ0) is 33.2. The largest absolute Gasteiger partial charge is 0.490 e. The second kappa shape index (κ2) is 14.5. The van der Waals surface area contributed by atoms with Crippen molar-refractivity contribution < 1.29 is 32.2 Å². The van der Waals surface area contributed by atoms with Gasteiger partial charge in [0.1, 0.15) is 11.0 Å². The monoisotopic (exact) mass is 686 g/mol. The molecule has 1 fully saturated rings. The number of nitrogens with one attached hydrogen (secondary N) is 1. The maximum absolute atomic E-state index is 13.6. The molecular formula is C36H47ClN2O7S. The van der Waals surface area contributed by atoms with Crippen molar-refractivity contribution >= 4 is 33.2 Å². The van der Waals surface area contributed by atoms with E-state index in [2.05, 4.69) is 27.8 Å². The number of carbonyl (C=O) groups excluding carboxylic acids is 1. The van der Waals surface area contributed by atoms with Gasteiger partial charge in [-0.3, -0.25) is 4.79 Å². The normalized spacial score (nSPS) is 31.0. The van der Waals surface area contributed by atoms with E-state index in [1.165, 1.54) is 18.2 Å². The average Bonchev–Trinajstić information content (AvgIpc) is 3.17. The van der Waals surface area contributed by atoms with Gasteiger partial charge in [-0.25, -0.2) is 13.1 Å². The number of aryl methyl sites for hydroxylation is 1. The first-order valence-electron chi connectivity index (χ1n) is 16.8. The van der Waals surface area contributed by atoms with Crippen molar-refractivity contribution in [3.63, 3.8) is 0 Å². The number of anilines is 1. The molecule has 0 unspecified atom stereocenters. The van der Waals surface area contributed by atoms with E-state index in [0.29, 0.717) is 44.5 Å². The Balaban J connectivity index is 1.42. The summed E-state index contributed by atoms with van der Waals surface area (Å²) in [7, 11) is -0.920. The Morgan fingerprint density at radius 2 is 1.96 bits per heavy atom. The number of ether oxygens (including phenoxy) is 4. The summed E-state index contributed by atoms with van der Waals surface area (Å²) >= 11 is 6.44. The molecule has 0 radical (unpaired) electrons. The van der Waals surface area contributed by atoms with Crippen LogP contribution in [0.5, 0.6) is 5.75 Å². The topological polar surface area (TPSA) is 103 Å². The first-order chi connectivity index (χ1) is 22.6. The minimum absolute atomic E-state index is 0.0311. The van der Waals surface area contributed by atoms with Crippen LogP contribution in [0.3, 0.4) is 0 Å². The lowest BCUT2D eigenvalue weighted by atomic mass is 9.68. The Hall–Kier alpha value is -2.63. The minimum Gasteiger partial charge on any atom is -0.490 e. The van der Waals surface area contributed by atoms with Crippen molar-refractivity contribution in [1.29, 1.82) is 0 Å². The number of amides is 1. The second-order valence-corrected chi connectivity index (χ2v) is 16.1. The Morgan fingerprint density at radius 1 is 1.11 bits per heavy atom. The minimum atomic E-state index is -4.06. The molecule has 2 aliphatic heterocycles. The molecule has 1 spiro atoms. The van der Waals surface area contributed by atoms with Gasteiger partial charge in [0.2, 0.25) is 10.0 Å². The summed E-state index contributed by atoms with van der Waals surface area (Å²) in [6, 6.07) is 11.5. The summed E-state index contributed by atoms with van der Waals surface area (Å²) < 4.78 is 53.2. The molecule has 2 aromatic rings. The molecule has 6 atom stereocenters. The van der Waals surface area contributed by atoms with E-state index in [1.54, 1.807) is 19.2 Å². The molecule has 2 bridgehead atoms. The number of allylic oxidation sites excluding steroid dienone is 1. The van der Waals surface area contributed by atoms with Crippen LogP contribution >= 0.6 is 11.6 Å². The van der Waals surface area contributed by atoms with Gasteiger partial charge in [-0.15, -0.1) is 0 Å². The van der Waals surface area contributed by atoms with Crippen molar-refractivity contribution in [3.05, 3.63) is 70.3 Å². The van der Waals surface area contributed by atoms with Crippen molar-refractivity contribution in [3.8, 4) is 5.75 Å². The number of hydrogen-bond donors (Lipinski definition) is 1. The first kappa shape index (κ1) is 34.2. The number of nitrogens with zero attached hydrogens (tertiary/aromatic N) is 1. The van der Waals surface area contributed by atoms with Crippen LogP contribution in [0.2, 0.25) is 5.02 Å². The lowest BCUT2D eigenvalue weighted by molar-refractivity contribution is -0.0310. The lowest BCUT2D eigenvalue weighted by Gasteiger charge is -2.46. The highest BCUT2D eigenvalue weighted by Crippen LogP contribution is 2.47. The van der Waals surface area contributed by atoms with Crippen LogP contribution in [-0.4, -0.2) is 79.4 Å². The number of sulfonamides is 1. The number of fused-ring (bicyclic) bond motifs is 4. The summed E-state index contributed by atoms with van der Waals surface area (Å²) in [5.41, 5.74) is 3.34. The van der Waals surface area contributed by atoms with Crippen molar-refractivity contribution in [1.82, 2.24) is 4.72 Å². The predicted molar refractivity (Wildman–Crippen MR) is 183 cm³/mol. The number of benzene rings is 2. The van der Waals surface area contributed by atoms with Crippen LogP contribution in [0.4, 0.5) is 5.69 Å². The maximum atomic E-state index is 13.6. The molecule has 2 aliphatic carbocycles. The van der Waals surface area contributed by atoms with Gasteiger partial charge >= 0.3 is 0 Å². The lowest BCUT2D eigenvalue weighted by Crippen LogP contribution is -2.49. The third kappa shape index (κ3) is 7.22. The van der Waals surface area contributed by atoms with Crippen LogP contribution < -0.4 is 14.4 Å². The molecule has 2 heterocycles. The average molecular weight is 687 g/mol. The van der Waals surface area contributed by atoms with Crippen molar-refractivity contribution in [2.24, 2.45) is 17.8 Å². The molecule has 0 saturated heterocycles. The van der Waals surface area contributed by atoms with Gasteiger partial charge in [0.15, 0.2) is 0 Å². The van der Waals surface area contributed by atoms with E-state index < -0.39 is 21.2 Å². The summed E-state index contributed by atoms with van der Waals surface area (Å²) in [6.07, 6.45) is 9.58. The van der Waals surface area contributed by atoms with Crippen LogP contribution in [-0.2, 0) is 36.1 Å². The van der Waals surface area contributed by atoms with E-state index in [9.17, 15) is 13.2 Å². The fourth-order valence-corrected chi connectivity index (χ4v) is 9.71. The van der Waals surface area contributed by atoms with Gasteiger partial charge in [0.25, 0.3) is 5.91 Å². The van der Waals surface area contributed by atoms with Gasteiger partial charge < -0.3 is 23.8 Å². The van der Waals surface area contributed by atoms with E-state index in [0.717, 1.165) is 49.4 Å². The highest BCUT2D eigenvalue weighted by Gasteiger charge is 2.44. The Labute approximate surface area is 284 Å². The van der Waals surface area contributed by atoms with Crippen molar-refractivity contribution in [2.75, 3.05) is 58.6 Å². The molecular weight excluding hydrogens is 640 g/mol. The first-order valence-corrected chi connectivity index (χ1v) is 18.7. The molecule has 2 aromatic carbocycles. The fraction of sp³-hybridized carbons (Fsp3) is 0.583. The molecule has 0 aromatic heterocycles. The quantitative estimate of drug-likeness (QED) is 0.312. The molecule has 256 valence electrons. The second-order valence-electron chi connectivity index (χ2n) is 13.7. The van der Waals surface area contributed by atoms with E-state index in [1.807, 2.05) is 25.1 Å². The van der Waals surface area contributed by atoms with Crippen LogP contribution in [0.1, 0.15) is 60.5 Å². The van der Waals surface area contributed by atoms with Gasteiger partial charge in [0.05, 0.1) is 38.2 Å². The maximum Gasteiger partial charge on any atom is 0.264 e. The summed E-state index contributed by atoms with van der Waals surface area (Å²) in [5.74, 6) is 0.373. The van der Waals surface area contributed by atoms with Crippen LogP contribution in [0, 0.1) is 17.8 Å². The standard InChI is InChI=1S/C36H47ClN2O7S/c1-24-6-4-8-32(45-17-16-43-2)29-12-9-27(29)20-39-22-36(15-5-7-25-18-28(37)11-13-30(25)36)23-46-33-14-10-26(19-31(33)39)35(40)38-47(41,42)34(24)21-44-3/h4,8,10-11,13-14,18-19,24,27,29,32,34H,5-7,9,12,15-17,20-23H2,1-3H3,(H,38,40)/b8-4+/t24-,27-,29+,32-,34-,36-/m0/s1. The van der Waals surface area contributed by atoms with Crippen LogP contribution in [0.15, 0.2) is 48.6 Å². The van der Waals surface area contributed by atoms with Crippen molar-refractivity contribution in [2.45, 2.75) is 62.2 Å². The Bertz CT molecular complexity index is 1580. The number of carbonyl (C=O) groups is 1. The highest BCUT2D eigenvalue weighted by atomic mass is 35.5. The van der Waals surface area contributed by atoms with Gasteiger partial charge in [-0.2, -0.15) is 0 Å². The fourth-order valence-electron chi connectivity index (χ4n) is 7.95. The summed E-state index contributed by atoms with van der Waals surface area (Å²) in [6.45, 7) is 4.79. The zero-order valence-electron chi connectivity index (χ0n) is 27.6. The molecule has 6 rings (SSSR count). The predicted octanol–water partition coefficient (Wildman–Crippen LogP) is 5.54. The van der Waals surface area contributed by atoms with Gasteiger partial charge in [-0.05, 0) is 97.7 Å². The molecule has 9 nitrogen and oxygen atoms in total. The highest BCUT2D eigenvalue weighted by molar-refractivity contribution is 7.90. The third-order valence-electron chi connectivity index (χ3n) is 10.7. The zero-order valence-corrected chi connectivity index (χ0v) is 29.2. The van der Waals surface area contributed by atoms with E-state index in [-0.39, 0.29) is 35.5 Å². The van der Waals surface area contributed by atoms with Gasteiger partial charge in [-0.1, -0.05) is 36.7 Å². The number of rotatable bonds is 6. The van der Waals surface area contributed by atoms with Crippen LogP contribution in [0.25, 0.3) is 0 Å². The smallest absolute Gasteiger partial charge is 0.264 e. The molecule has 11 heteroatoms. The number of methoxy groups -OCH3 is 2. The summed E-state index contributed by atoms with van der Waals surface area (Å²) in [4.78, 5) is 16.0. The van der Waals surface area contributed by atoms with E-state index in [4.69, 9.17) is 30.5 Å². The summed E-state index contributed by atoms with van der Waals surface area (Å²) in [5, 5.41) is -0.181. The van der Waals surface area contributed by atoms with E-state index >= 15 is 0 Å². The molecule has 1 amide bonds. The third-order valence-corrected chi connectivity index (χ3v) is 12.8. The molecule has 4 aliphatic rings. The number of halogens is 1.